The summed E-state index contributed by atoms with van der Waals surface area (Å²) in [5.41, 5.74) is 1.56. The molecule has 5 heteroatoms. The summed E-state index contributed by atoms with van der Waals surface area (Å²) in [6.07, 6.45) is 5.55. The van der Waals surface area contributed by atoms with Crippen LogP contribution in [0.4, 0.5) is 0 Å². The number of fused-ring (bicyclic) bond motifs is 1. The van der Waals surface area contributed by atoms with Gasteiger partial charge >= 0.3 is 11.9 Å². The van der Waals surface area contributed by atoms with Gasteiger partial charge in [0.05, 0.1) is 0 Å². The number of carboxylic acids is 1. The third-order valence-corrected chi connectivity index (χ3v) is 6.56. The van der Waals surface area contributed by atoms with E-state index in [1.54, 1.807) is 0 Å². The molecule has 2 rings (SSSR count). The van der Waals surface area contributed by atoms with E-state index in [9.17, 15) is 14.4 Å². The van der Waals surface area contributed by atoms with Crippen LogP contribution in [0, 0.1) is 22.7 Å². The third kappa shape index (κ3) is 4.88. The maximum Gasteiger partial charge on any atom is 0.328 e. The summed E-state index contributed by atoms with van der Waals surface area (Å²) in [6.45, 7) is 12.2. The Morgan fingerprint density at radius 2 is 1.96 bits per heavy atom. The van der Waals surface area contributed by atoms with Crippen LogP contribution in [0.2, 0.25) is 0 Å². The lowest BCUT2D eigenvalue weighted by molar-refractivity contribution is -0.141. The maximum absolute atomic E-state index is 12.5. The molecule has 0 aromatic carbocycles. The fourth-order valence-corrected chi connectivity index (χ4v) is 5.61. The highest BCUT2D eigenvalue weighted by atomic mass is 16.5. The molecule has 2 saturated carbocycles. The van der Waals surface area contributed by atoms with Crippen molar-refractivity contribution in [3.05, 3.63) is 23.8 Å². The van der Waals surface area contributed by atoms with Gasteiger partial charge in [0.15, 0.2) is 0 Å². The minimum absolute atomic E-state index is 0.00854. The fraction of sp³-hybridized carbons (Fsp3) is 0.682. The summed E-state index contributed by atoms with van der Waals surface area (Å²) < 4.78 is 5.01. The number of carboxylic acid groups (broad SMARTS) is 1. The Morgan fingerprint density at radius 3 is 2.56 bits per heavy atom. The molecular formula is C22H32O5. The van der Waals surface area contributed by atoms with Gasteiger partial charge in [0.2, 0.25) is 0 Å². The van der Waals surface area contributed by atoms with Crippen molar-refractivity contribution >= 4 is 17.7 Å². The monoisotopic (exact) mass is 376 g/mol. The zero-order chi connectivity index (χ0) is 20.4. The van der Waals surface area contributed by atoms with Crippen molar-refractivity contribution in [2.24, 2.45) is 22.7 Å². The average Bonchev–Trinajstić information content (AvgIpc) is 2.49. The molecule has 0 saturated heterocycles. The number of hydrogen-bond acceptors (Lipinski definition) is 4. The highest BCUT2D eigenvalue weighted by Crippen LogP contribution is 2.61. The van der Waals surface area contributed by atoms with Crippen LogP contribution < -0.4 is 0 Å². The molecule has 0 bridgehead atoms. The Hall–Kier alpha value is -1.91. The molecular weight excluding hydrogens is 344 g/mol. The molecule has 0 radical (unpaired) electrons. The third-order valence-electron chi connectivity index (χ3n) is 6.56. The molecule has 27 heavy (non-hydrogen) atoms. The summed E-state index contributed by atoms with van der Waals surface area (Å²) in [6, 6.07) is 0. The van der Waals surface area contributed by atoms with Crippen LogP contribution in [0.25, 0.3) is 0 Å². The number of allylic oxidation sites excluding steroid dienone is 1. The molecule has 2 aliphatic rings. The first kappa shape index (κ1) is 21.4. The molecule has 2 fully saturated rings. The molecule has 0 heterocycles. The molecule has 0 amide bonds. The van der Waals surface area contributed by atoms with E-state index in [1.165, 1.54) is 6.92 Å². The van der Waals surface area contributed by atoms with Crippen LogP contribution in [0.5, 0.6) is 0 Å². The predicted octanol–water partition coefficient (Wildman–Crippen LogP) is 4.32. The van der Waals surface area contributed by atoms with Crippen LogP contribution in [0.3, 0.4) is 0 Å². The van der Waals surface area contributed by atoms with Gasteiger partial charge in [0, 0.05) is 25.8 Å². The lowest BCUT2D eigenvalue weighted by Gasteiger charge is -2.57. The topological polar surface area (TPSA) is 80.7 Å². The number of aliphatic carboxylic acids is 1. The summed E-state index contributed by atoms with van der Waals surface area (Å²) in [7, 11) is 0. The van der Waals surface area contributed by atoms with Crippen LogP contribution in [-0.4, -0.2) is 29.4 Å². The van der Waals surface area contributed by atoms with E-state index < -0.39 is 11.9 Å². The van der Waals surface area contributed by atoms with Crippen molar-refractivity contribution in [2.45, 2.75) is 66.2 Å². The van der Waals surface area contributed by atoms with E-state index in [-0.39, 0.29) is 23.4 Å². The van der Waals surface area contributed by atoms with Crippen LogP contribution in [0.1, 0.15) is 66.2 Å². The van der Waals surface area contributed by atoms with Gasteiger partial charge in [-0.1, -0.05) is 32.9 Å². The van der Waals surface area contributed by atoms with Crippen molar-refractivity contribution in [1.82, 2.24) is 0 Å². The Morgan fingerprint density at radius 1 is 1.30 bits per heavy atom. The normalized spacial score (nSPS) is 30.6. The number of hydrogen-bond donors (Lipinski definition) is 1. The first-order valence-corrected chi connectivity index (χ1v) is 9.71. The Kier molecular flexibility index (Phi) is 6.33. The maximum atomic E-state index is 12.5. The Bertz CT molecular complexity index is 672. The first-order chi connectivity index (χ1) is 12.5. The number of ketones is 1. The van der Waals surface area contributed by atoms with Gasteiger partial charge in [-0.2, -0.15) is 0 Å². The lowest BCUT2D eigenvalue weighted by atomic mass is 9.47. The smallest absolute Gasteiger partial charge is 0.328 e. The van der Waals surface area contributed by atoms with Crippen LogP contribution in [0.15, 0.2) is 23.8 Å². The summed E-state index contributed by atoms with van der Waals surface area (Å²) in [5, 5.41) is 9.10. The number of rotatable bonds is 6. The molecule has 0 aliphatic heterocycles. The van der Waals surface area contributed by atoms with Crippen LogP contribution >= 0.6 is 0 Å². The number of ether oxygens (including phenoxy) is 1. The van der Waals surface area contributed by atoms with Crippen molar-refractivity contribution in [2.75, 3.05) is 6.61 Å². The number of Topliss-reactive ketones (excluding diaryl/α,β-unsaturated/α-hetero) is 1. The van der Waals surface area contributed by atoms with Gasteiger partial charge in [-0.05, 0) is 53.9 Å². The van der Waals surface area contributed by atoms with Gasteiger partial charge in [-0.3, -0.25) is 9.59 Å². The second-order valence-electron chi connectivity index (χ2n) is 9.15. The molecule has 2 aliphatic carbocycles. The van der Waals surface area contributed by atoms with Crippen molar-refractivity contribution in [3.63, 3.8) is 0 Å². The average molecular weight is 376 g/mol. The summed E-state index contributed by atoms with van der Waals surface area (Å²) in [4.78, 5) is 34.7. The zero-order valence-corrected chi connectivity index (χ0v) is 17.0. The van der Waals surface area contributed by atoms with Crippen molar-refractivity contribution in [1.29, 1.82) is 0 Å². The van der Waals surface area contributed by atoms with E-state index in [1.807, 2.05) is 0 Å². The highest BCUT2D eigenvalue weighted by Gasteiger charge is 2.54. The number of carbonyl (C=O) groups excluding carboxylic acids is 2. The van der Waals surface area contributed by atoms with Gasteiger partial charge in [0.1, 0.15) is 12.4 Å². The van der Waals surface area contributed by atoms with Gasteiger partial charge in [0.25, 0.3) is 0 Å². The van der Waals surface area contributed by atoms with E-state index in [2.05, 4.69) is 27.4 Å². The standard InChI is InChI=1S/C22H32O5/c1-14-6-9-19-21(3,4)11-17(24)12-22(19,5)18(14)8-7-16(10-20(25)26)13-27-15(2)23/h10,18-19H,1,6-9,11-13H2,2-5H3,(H,25,26). The van der Waals surface area contributed by atoms with E-state index in [0.29, 0.717) is 36.5 Å². The lowest BCUT2D eigenvalue weighted by Crippen LogP contribution is -2.52. The molecule has 1 N–H and O–H groups in total. The Labute approximate surface area is 161 Å². The molecule has 3 unspecified atom stereocenters. The van der Waals surface area contributed by atoms with Crippen LogP contribution in [-0.2, 0) is 19.1 Å². The molecule has 0 aromatic rings. The minimum atomic E-state index is -1.04. The molecule has 0 aromatic heterocycles. The molecule has 3 atom stereocenters. The number of esters is 1. The quantitative estimate of drug-likeness (QED) is 0.424. The van der Waals surface area contributed by atoms with Crippen molar-refractivity contribution in [3.8, 4) is 0 Å². The van der Waals surface area contributed by atoms with E-state index >= 15 is 0 Å². The summed E-state index contributed by atoms with van der Waals surface area (Å²) in [5.74, 6) is -0.565. The van der Waals surface area contributed by atoms with E-state index in [0.717, 1.165) is 30.9 Å². The molecule has 5 nitrogen and oxygen atoms in total. The number of carbonyl (C=O) groups is 3. The second-order valence-corrected chi connectivity index (χ2v) is 9.15. The first-order valence-electron chi connectivity index (χ1n) is 9.71. The highest BCUT2D eigenvalue weighted by molar-refractivity contribution is 5.81. The summed E-state index contributed by atoms with van der Waals surface area (Å²) >= 11 is 0. The Balaban J connectivity index is 2.21. The molecule has 150 valence electrons. The van der Waals surface area contributed by atoms with Crippen molar-refractivity contribution < 1.29 is 24.2 Å². The molecule has 0 spiro atoms. The predicted molar refractivity (Wildman–Crippen MR) is 103 cm³/mol. The van der Waals surface area contributed by atoms with E-state index in [4.69, 9.17) is 9.84 Å². The minimum Gasteiger partial charge on any atom is -0.478 e. The van der Waals surface area contributed by atoms with Gasteiger partial charge in [-0.15, -0.1) is 0 Å². The van der Waals surface area contributed by atoms with Gasteiger partial charge < -0.3 is 9.84 Å². The SMILES string of the molecule is C=C1CCC2C(C)(C)CC(=O)CC2(C)C1CCC(=CC(=O)O)COC(C)=O. The largest absolute Gasteiger partial charge is 0.478 e. The second kappa shape index (κ2) is 7.99. The zero-order valence-electron chi connectivity index (χ0n) is 17.0. The van der Waals surface area contributed by atoms with Gasteiger partial charge in [-0.25, -0.2) is 4.79 Å². The fourth-order valence-electron chi connectivity index (χ4n) is 5.61.